The fraction of sp³-hybridized carbons (Fsp3) is 0.0962. The molecule has 12 heteroatoms. The number of hydrogen-bond acceptors (Lipinski definition) is 9. The summed E-state index contributed by atoms with van der Waals surface area (Å²) in [5, 5.41) is 23.1. The van der Waals surface area contributed by atoms with Gasteiger partial charge in [0.15, 0.2) is 10.8 Å². The maximum absolute atomic E-state index is 14.9. The predicted octanol–water partition coefficient (Wildman–Crippen LogP) is 9.18. The Morgan fingerprint density at radius 3 is 1.58 bits per heavy atom. The van der Waals surface area contributed by atoms with E-state index in [0.717, 1.165) is 33.4 Å². The Morgan fingerprint density at radius 2 is 1.16 bits per heavy atom. The molecule has 0 aliphatic carbocycles. The smallest absolute Gasteiger partial charge is 0.352 e. The summed E-state index contributed by atoms with van der Waals surface area (Å²) in [5.41, 5.74) is 3.18. The number of nitrogens with one attached hydrogen (secondary N) is 2. The van der Waals surface area contributed by atoms with Crippen LogP contribution in [0.5, 0.6) is 0 Å². The lowest BCUT2D eigenvalue weighted by molar-refractivity contribution is -0.150. The van der Waals surface area contributed by atoms with Crippen LogP contribution in [-0.2, 0) is 30.4 Å². The standard InChI is InChI=1S/C52H41N5O5S2/c1-2-35-33-63-48-44(47(59)57(48)45(35)49(60)61)54-46(58)43(56-62-52(39-27-15-6-16-28-39,40-29-17-7-18-30-40)41-31-19-8-20-32-41)42-34-64-50(53-42)55-51(36-21-9-3-10-22-36,37-23-11-4-12-24-37)38-25-13-5-14-26-38/h2-32,34,44,48H,1,33H2,(H,53,55)(H,54,58)(H,60,61)/b56-43+/t44-,48-/m1/s1/i50+1,53+1,55+1. The van der Waals surface area contributed by atoms with Gasteiger partial charge in [-0.1, -0.05) is 200 Å². The minimum Gasteiger partial charge on any atom is -0.477 e. The van der Waals surface area contributed by atoms with Crippen LogP contribution in [0, 0.1) is 0 Å². The zero-order chi connectivity index (χ0) is 44.1. The van der Waals surface area contributed by atoms with Gasteiger partial charge in [-0.3, -0.25) is 14.5 Å². The largest absolute Gasteiger partial charge is 0.477 e. The van der Waals surface area contributed by atoms with Gasteiger partial charge in [-0.2, -0.15) is 0 Å². The van der Waals surface area contributed by atoms with Crippen LogP contribution in [-0.4, -0.2) is 55.7 Å². The Balaban J connectivity index is 1.17. The van der Waals surface area contributed by atoms with Gasteiger partial charge in [0.1, 0.15) is 28.3 Å². The fourth-order valence-corrected chi connectivity index (χ4v) is 10.5. The van der Waals surface area contributed by atoms with E-state index >= 15 is 0 Å². The summed E-state index contributed by atoms with van der Waals surface area (Å²) >= 11 is 2.64. The van der Waals surface area contributed by atoms with Crippen molar-refractivity contribution in [3.63, 3.8) is 0 Å². The van der Waals surface area contributed by atoms with Gasteiger partial charge in [-0.05, 0) is 22.3 Å². The second-order valence-corrected chi connectivity index (χ2v) is 17.0. The summed E-state index contributed by atoms with van der Waals surface area (Å²) < 4.78 is 0. The summed E-state index contributed by atoms with van der Waals surface area (Å²) in [5.74, 6) is -2.23. The molecule has 3 N–H and O–H groups in total. The summed E-state index contributed by atoms with van der Waals surface area (Å²) in [6, 6.07) is 58.2. The number of thiazole rings is 1. The van der Waals surface area contributed by atoms with Crippen molar-refractivity contribution in [1.29, 1.82) is 0 Å². The molecule has 1 aromatic heterocycles. The molecule has 0 radical (unpaired) electrons. The van der Waals surface area contributed by atoms with E-state index in [2.05, 4.69) is 53.6 Å². The summed E-state index contributed by atoms with van der Waals surface area (Å²) in [4.78, 5) is 54.1. The van der Waals surface area contributed by atoms with Crippen LogP contribution in [0.25, 0.3) is 0 Å². The van der Waals surface area contributed by atoms with Gasteiger partial charge in [0.2, 0.25) is 5.60 Å². The SMILES string of the molecule is C=CC1=C(C(=O)O)N2C(=O)[C@@H](NC(=O)/C(=N/OC(c3ccccc3)(c3ccccc3)c3ccccc3)c3cs[13c]([15NH]C(c4ccccc4)(c4ccccc4)c4ccccc4)[15n]3)[C@H]2SC1. The second kappa shape index (κ2) is 18.1. The van der Waals surface area contributed by atoms with E-state index in [9.17, 15) is 19.5 Å². The topological polar surface area (TPSA) is 133 Å². The molecule has 2 aliphatic rings. The van der Waals surface area contributed by atoms with Crippen molar-refractivity contribution in [3.8, 4) is 0 Å². The van der Waals surface area contributed by atoms with Gasteiger partial charge in [0.25, 0.3) is 11.8 Å². The number of carboxylic acid groups (broad SMARTS) is 1. The van der Waals surface area contributed by atoms with Crippen molar-refractivity contribution < 1.29 is 24.3 Å². The Labute approximate surface area is 378 Å². The number of allylic oxidation sites excluding steroid dienone is 1. The molecular weight excluding hydrogens is 842 g/mol. The number of aromatic nitrogens is 1. The number of anilines is 1. The maximum atomic E-state index is 14.9. The lowest BCUT2D eigenvalue weighted by Gasteiger charge is -2.49. The van der Waals surface area contributed by atoms with Gasteiger partial charge in [0, 0.05) is 27.8 Å². The molecule has 64 heavy (non-hydrogen) atoms. The highest BCUT2D eigenvalue weighted by atomic mass is 32.2. The molecule has 7 aromatic rings. The first-order valence-electron chi connectivity index (χ1n) is 20.5. The highest BCUT2D eigenvalue weighted by molar-refractivity contribution is 8.00. The van der Waals surface area contributed by atoms with Crippen molar-refractivity contribution in [1.82, 2.24) is 15.2 Å². The monoisotopic (exact) mass is 882 g/mol. The number of carbonyl (C=O) groups is 3. The zero-order valence-electron chi connectivity index (χ0n) is 34.3. The quantitative estimate of drug-likeness (QED) is 0.0306. The summed E-state index contributed by atoms with van der Waals surface area (Å²) in [6.07, 6.45) is 1.45. The number of β-lactam (4-membered cyclic amide) rings is 1. The zero-order valence-corrected chi connectivity index (χ0v) is 35.9. The molecule has 1 fully saturated rings. The van der Waals surface area contributed by atoms with E-state index in [1.807, 2.05) is 146 Å². The van der Waals surface area contributed by atoms with Crippen molar-refractivity contribution in [2.75, 3.05) is 11.1 Å². The highest BCUT2D eigenvalue weighted by Crippen LogP contribution is 2.44. The van der Waals surface area contributed by atoms with Crippen LogP contribution in [0.2, 0.25) is 0 Å². The molecule has 0 unspecified atom stereocenters. The predicted molar refractivity (Wildman–Crippen MR) is 252 cm³/mol. The highest BCUT2D eigenvalue weighted by Gasteiger charge is 2.54. The minimum atomic E-state index is -1.35. The Morgan fingerprint density at radius 1 is 0.719 bits per heavy atom. The third-order valence-electron chi connectivity index (χ3n) is 11.4. The molecule has 0 spiro atoms. The molecule has 2 aliphatic heterocycles. The van der Waals surface area contributed by atoms with Crippen LogP contribution in [0.15, 0.2) is 216 Å². The Kier molecular flexibility index (Phi) is 11.8. The molecule has 3 heterocycles. The van der Waals surface area contributed by atoms with Gasteiger partial charge in [-0.15, -0.1) is 23.1 Å². The lowest BCUT2D eigenvalue weighted by atomic mass is 9.79. The van der Waals surface area contributed by atoms with Crippen LogP contribution >= 0.6 is 23.1 Å². The van der Waals surface area contributed by atoms with Crippen molar-refractivity contribution >= 4 is 51.7 Å². The van der Waals surface area contributed by atoms with E-state index in [-0.39, 0.29) is 17.1 Å². The minimum absolute atomic E-state index is 0.140. The number of carboxylic acids is 1. The van der Waals surface area contributed by atoms with Gasteiger partial charge in [-0.25, -0.2) is 9.78 Å². The Hall–Kier alpha value is -7.54. The summed E-state index contributed by atoms with van der Waals surface area (Å²) in [6.45, 7) is 3.75. The van der Waals surface area contributed by atoms with Gasteiger partial charge >= 0.3 is 5.97 Å². The number of oxime groups is 1. The van der Waals surface area contributed by atoms with E-state index in [1.165, 1.54) is 34.1 Å². The molecule has 0 bridgehead atoms. The number of carbonyl (C=O) groups excluding carboxylic acids is 2. The number of nitrogens with zero attached hydrogens (tertiary/aromatic N) is 3. The number of rotatable bonds is 15. The maximum Gasteiger partial charge on any atom is 0.352 e. The van der Waals surface area contributed by atoms with Crippen LogP contribution in [0.3, 0.4) is 0 Å². The average molecular weight is 883 g/mol. The first-order chi connectivity index (χ1) is 31.3. The number of thioether (sulfide) groups is 1. The van der Waals surface area contributed by atoms with Gasteiger partial charge in [0.05, 0.1) is 0 Å². The van der Waals surface area contributed by atoms with Crippen molar-refractivity contribution in [2.24, 2.45) is 5.16 Å². The third-order valence-corrected chi connectivity index (χ3v) is 13.5. The number of benzene rings is 6. The number of amides is 2. The van der Waals surface area contributed by atoms with Crippen molar-refractivity contribution in [2.45, 2.75) is 22.6 Å². The number of hydrogen-bond donors (Lipinski definition) is 3. The first kappa shape index (κ1) is 41.8. The fourth-order valence-electron chi connectivity index (χ4n) is 8.39. The number of aliphatic carboxylic acids is 1. The molecule has 9 rings (SSSR count). The van der Waals surface area contributed by atoms with E-state index < -0.39 is 40.3 Å². The second-order valence-electron chi connectivity index (χ2n) is 15.1. The van der Waals surface area contributed by atoms with Crippen molar-refractivity contribution in [3.05, 3.63) is 250 Å². The van der Waals surface area contributed by atoms with Crippen LogP contribution in [0.4, 0.5) is 5.13 Å². The normalized spacial score (nSPS) is 16.3. The molecule has 2 amide bonds. The molecule has 2 atom stereocenters. The van der Waals surface area contributed by atoms with E-state index in [4.69, 9.17) is 15.0 Å². The average Bonchev–Trinajstić information content (AvgIpc) is 3.82. The van der Waals surface area contributed by atoms with Crippen LogP contribution in [0.1, 0.15) is 39.1 Å². The number of fused-ring (bicyclic) bond motifs is 1. The molecule has 6 aromatic carbocycles. The summed E-state index contributed by atoms with van der Waals surface area (Å²) in [7, 11) is 0. The van der Waals surface area contributed by atoms with E-state index in [0.29, 0.717) is 16.5 Å². The molecule has 316 valence electrons. The molecule has 0 saturated carbocycles. The van der Waals surface area contributed by atoms with Gasteiger partial charge < -0.3 is 20.6 Å². The van der Waals surface area contributed by atoms with Crippen LogP contribution < -0.4 is 10.6 Å². The lowest BCUT2D eigenvalue weighted by Crippen LogP contribution is -2.71. The molecule has 1 saturated heterocycles. The molecular formula is C52H41N5O5S2. The Bertz CT molecular complexity index is 2670. The molecule has 10 nitrogen and oxygen atoms in total. The third kappa shape index (κ3) is 7.56. The van der Waals surface area contributed by atoms with E-state index in [1.54, 1.807) is 5.38 Å². The first-order valence-corrected chi connectivity index (χ1v) is 22.5.